The minimum absolute atomic E-state index is 0.336. The van der Waals surface area contributed by atoms with Gasteiger partial charge in [-0.2, -0.15) is 4.31 Å². The van der Waals surface area contributed by atoms with Crippen molar-refractivity contribution in [2.24, 2.45) is 5.92 Å². The third-order valence-corrected chi connectivity index (χ3v) is 8.53. The molecule has 0 radical (unpaired) electrons. The standard InChI is InChI=1S/C25H32N4O3S/c1-3-32-21-8-6-19(7-9-21)16-25-26-23-17-22(10-11-24(23)29(25)18-20-4-5-20)33(30,31)28-14-12-27(2)13-15-28/h6-11,17,20H,3-5,12-16,18H2,1-2H3. The average Bonchev–Trinajstić information content (AvgIpc) is 3.57. The highest BCUT2D eigenvalue weighted by atomic mass is 32.2. The van der Waals surface area contributed by atoms with Gasteiger partial charge in [0.15, 0.2) is 0 Å². The van der Waals surface area contributed by atoms with E-state index in [4.69, 9.17) is 9.72 Å². The summed E-state index contributed by atoms with van der Waals surface area (Å²) in [5, 5.41) is 0. The normalized spacial score (nSPS) is 18.1. The molecular weight excluding hydrogens is 436 g/mol. The third-order valence-electron chi connectivity index (χ3n) is 6.63. The molecule has 2 aromatic carbocycles. The van der Waals surface area contributed by atoms with E-state index in [1.165, 1.54) is 12.8 Å². The molecule has 2 heterocycles. The second kappa shape index (κ2) is 9.08. The summed E-state index contributed by atoms with van der Waals surface area (Å²) in [6.07, 6.45) is 3.20. The number of piperazine rings is 1. The molecular formula is C25H32N4O3S. The molecule has 3 aromatic rings. The van der Waals surface area contributed by atoms with E-state index in [2.05, 4.69) is 21.6 Å². The van der Waals surface area contributed by atoms with Gasteiger partial charge < -0.3 is 14.2 Å². The Morgan fingerprint density at radius 3 is 2.42 bits per heavy atom. The number of hydrogen-bond acceptors (Lipinski definition) is 5. The molecule has 1 saturated heterocycles. The second-order valence-corrected chi connectivity index (χ2v) is 11.1. The number of aromatic nitrogens is 2. The van der Waals surface area contributed by atoms with Crippen molar-refractivity contribution in [3.8, 4) is 5.75 Å². The number of imidazole rings is 1. The lowest BCUT2D eigenvalue weighted by Gasteiger charge is -2.31. The van der Waals surface area contributed by atoms with Crippen LogP contribution in [0.4, 0.5) is 0 Å². The fourth-order valence-corrected chi connectivity index (χ4v) is 5.89. The van der Waals surface area contributed by atoms with E-state index >= 15 is 0 Å². The summed E-state index contributed by atoms with van der Waals surface area (Å²) in [5.74, 6) is 2.54. The maximum absolute atomic E-state index is 13.3. The molecule has 0 spiro atoms. The summed E-state index contributed by atoms with van der Waals surface area (Å²) < 4.78 is 35.9. The van der Waals surface area contributed by atoms with Gasteiger partial charge in [-0.05, 0) is 68.6 Å². The maximum Gasteiger partial charge on any atom is 0.243 e. The number of likely N-dealkylation sites (N-methyl/N-ethyl adjacent to an activating group) is 1. The molecule has 7 nitrogen and oxygen atoms in total. The molecule has 2 fully saturated rings. The largest absolute Gasteiger partial charge is 0.494 e. The molecule has 1 aromatic heterocycles. The molecule has 0 amide bonds. The fraction of sp³-hybridized carbons (Fsp3) is 0.480. The minimum atomic E-state index is -3.52. The zero-order chi connectivity index (χ0) is 23.0. The van der Waals surface area contributed by atoms with Gasteiger partial charge in [0, 0.05) is 39.1 Å². The lowest BCUT2D eigenvalue weighted by molar-refractivity contribution is 0.222. The van der Waals surface area contributed by atoms with Crippen LogP contribution in [0.1, 0.15) is 31.2 Å². The van der Waals surface area contributed by atoms with Crippen LogP contribution in [0.15, 0.2) is 47.4 Å². The van der Waals surface area contributed by atoms with Crippen molar-refractivity contribution in [3.05, 3.63) is 53.9 Å². The van der Waals surface area contributed by atoms with Gasteiger partial charge in [0.05, 0.1) is 22.5 Å². The monoisotopic (exact) mass is 468 g/mol. The highest BCUT2D eigenvalue weighted by Gasteiger charge is 2.29. The van der Waals surface area contributed by atoms with Gasteiger partial charge in [-0.25, -0.2) is 13.4 Å². The van der Waals surface area contributed by atoms with Gasteiger partial charge in [-0.15, -0.1) is 0 Å². The van der Waals surface area contributed by atoms with Crippen molar-refractivity contribution in [2.45, 2.75) is 37.6 Å². The van der Waals surface area contributed by atoms with Gasteiger partial charge >= 0.3 is 0 Å². The first-order valence-electron chi connectivity index (χ1n) is 11.8. The number of ether oxygens (including phenoxy) is 1. The van der Waals surface area contributed by atoms with Crippen molar-refractivity contribution in [1.29, 1.82) is 0 Å². The van der Waals surface area contributed by atoms with Gasteiger partial charge in [-0.3, -0.25) is 0 Å². The zero-order valence-electron chi connectivity index (χ0n) is 19.4. The van der Waals surface area contributed by atoms with Crippen LogP contribution < -0.4 is 4.74 Å². The van der Waals surface area contributed by atoms with E-state index in [9.17, 15) is 8.42 Å². The molecule has 0 unspecified atom stereocenters. The highest BCUT2D eigenvalue weighted by molar-refractivity contribution is 7.89. The highest BCUT2D eigenvalue weighted by Crippen LogP contribution is 2.33. The molecule has 8 heteroatoms. The lowest BCUT2D eigenvalue weighted by atomic mass is 10.1. The SMILES string of the molecule is CCOc1ccc(Cc2nc3cc(S(=O)(=O)N4CCN(C)CC4)ccc3n2CC2CC2)cc1. The van der Waals surface area contributed by atoms with Crippen LogP contribution >= 0.6 is 0 Å². The van der Waals surface area contributed by atoms with Gasteiger partial charge in [0.1, 0.15) is 11.6 Å². The summed E-state index contributed by atoms with van der Waals surface area (Å²) in [5.41, 5.74) is 2.93. The number of rotatable bonds is 8. The Balaban J connectivity index is 1.46. The predicted molar refractivity (Wildman–Crippen MR) is 129 cm³/mol. The Morgan fingerprint density at radius 1 is 1.03 bits per heavy atom. The van der Waals surface area contributed by atoms with Crippen molar-refractivity contribution in [1.82, 2.24) is 18.8 Å². The van der Waals surface area contributed by atoms with E-state index in [1.807, 2.05) is 32.2 Å². The second-order valence-electron chi connectivity index (χ2n) is 9.19. The molecule has 5 rings (SSSR count). The third kappa shape index (κ3) is 4.78. The molecule has 0 atom stereocenters. The molecule has 33 heavy (non-hydrogen) atoms. The quantitative estimate of drug-likeness (QED) is 0.507. The van der Waals surface area contributed by atoms with Gasteiger partial charge in [-0.1, -0.05) is 12.1 Å². The van der Waals surface area contributed by atoms with Crippen LogP contribution in [0.25, 0.3) is 11.0 Å². The molecule has 0 bridgehead atoms. The molecule has 1 saturated carbocycles. The first kappa shape index (κ1) is 22.4. The molecule has 176 valence electrons. The number of benzene rings is 2. The summed E-state index contributed by atoms with van der Waals surface area (Å²) in [4.78, 5) is 7.41. The van der Waals surface area contributed by atoms with Crippen LogP contribution in [0.3, 0.4) is 0 Å². The van der Waals surface area contributed by atoms with Crippen molar-refractivity contribution >= 4 is 21.1 Å². The van der Waals surface area contributed by atoms with Crippen LogP contribution in [-0.4, -0.2) is 67.0 Å². The molecule has 2 aliphatic rings. The lowest BCUT2D eigenvalue weighted by Crippen LogP contribution is -2.46. The van der Waals surface area contributed by atoms with Gasteiger partial charge in [0.2, 0.25) is 10.0 Å². The van der Waals surface area contributed by atoms with E-state index in [0.717, 1.165) is 47.8 Å². The summed E-state index contributed by atoms with van der Waals surface area (Å²) in [6, 6.07) is 13.6. The Bertz CT molecular complexity index is 1220. The fourth-order valence-electron chi connectivity index (χ4n) is 4.45. The van der Waals surface area contributed by atoms with Crippen molar-refractivity contribution in [2.75, 3.05) is 39.8 Å². The smallest absolute Gasteiger partial charge is 0.243 e. The van der Waals surface area contributed by atoms with E-state index in [-0.39, 0.29) is 0 Å². The minimum Gasteiger partial charge on any atom is -0.494 e. The van der Waals surface area contributed by atoms with Crippen molar-refractivity contribution in [3.63, 3.8) is 0 Å². The Kier molecular flexibility index (Phi) is 6.16. The summed E-state index contributed by atoms with van der Waals surface area (Å²) in [6.45, 7) is 6.12. The average molecular weight is 469 g/mol. The zero-order valence-corrected chi connectivity index (χ0v) is 20.2. The number of hydrogen-bond donors (Lipinski definition) is 0. The number of sulfonamides is 1. The Hall–Kier alpha value is -2.42. The predicted octanol–water partition coefficient (Wildman–Crippen LogP) is 3.37. The van der Waals surface area contributed by atoms with E-state index in [1.54, 1.807) is 16.4 Å². The number of nitrogens with zero attached hydrogens (tertiary/aromatic N) is 4. The van der Waals surface area contributed by atoms with Crippen LogP contribution in [-0.2, 0) is 23.0 Å². The summed E-state index contributed by atoms with van der Waals surface area (Å²) in [7, 11) is -1.49. The van der Waals surface area contributed by atoms with Crippen LogP contribution in [0.2, 0.25) is 0 Å². The topological polar surface area (TPSA) is 67.7 Å². The number of fused-ring (bicyclic) bond motifs is 1. The van der Waals surface area contributed by atoms with Crippen molar-refractivity contribution < 1.29 is 13.2 Å². The summed E-state index contributed by atoms with van der Waals surface area (Å²) >= 11 is 0. The molecule has 1 aliphatic carbocycles. The first-order chi connectivity index (χ1) is 15.9. The van der Waals surface area contributed by atoms with Gasteiger partial charge in [0.25, 0.3) is 0 Å². The molecule has 1 aliphatic heterocycles. The Labute approximate surface area is 196 Å². The van der Waals surface area contributed by atoms with Crippen LogP contribution in [0.5, 0.6) is 5.75 Å². The molecule has 0 N–H and O–H groups in total. The Morgan fingerprint density at radius 2 is 1.76 bits per heavy atom. The van der Waals surface area contributed by atoms with E-state index < -0.39 is 10.0 Å². The first-order valence-corrected chi connectivity index (χ1v) is 13.3. The van der Waals surface area contributed by atoms with E-state index in [0.29, 0.717) is 36.9 Å². The van der Waals surface area contributed by atoms with Crippen LogP contribution in [0, 0.1) is 5.92 Å². The maximum atomic E-state index is 13.3.